The van der Waals surface area contributed by atoms with Gasteiger partial charge >= 0.3 is 0 Å². The number of benzene rings is 1. The van der Waals surface area contributed by atoms with E-state index in [9.17, 15) is 0 Å². The quantitative estimate of drug-likeness (QED) is 0.545. The maximum absolute atomic E-state index is 5.46. The highest BCUT2D eigenvalue weighted by molar-refractivity contribution is 7.18. The van der Waals surface area contributed by atoms with Crippen molar-refractivity contribution in [1.29, 1.82) is 0 Å². The van der Waals surface area contributed by atoms with Crippen molar-refractivity contribution >= 4 is 33.7 Å². The molecule has 0 spiro atoms. The van der Waals surface area contributed by atoms with Crippen LogP contribution in [0.4, 0.5) is 0 Å². The van der Waals surface area contributed by atoms with Crippen LogP contribution in [0.5, 0.6) is 0 Å². The van der Waals surface area contributed by atoms with Gasteiger partial charge in [0.25, 0.3) is 5.89 Å². The van der Waals surface area contributed by atoms with E-state index in [-0.39, 0.29) is 0 Å². The molecule has 23 heavy (non-hydrogen) atoms. The zero-order valence-electron chi connectivity index (χ0n) is 12.6. The molecule has 5 nitrogen and oxygen atoms in total. The first-order valence-electron chi connectivity index (χ1n) is 7.13. The normalized spacial score (nSPS) is 11.7. The molecular formula is C17H13N3O2S. The van der Waals surface area contributed by atoms with E-state index in [1.54, 1.807) is 23.5 Å². The number of rotatable bonds is 3. The Morgan fingerprint density at radius 1 is 1.04 bits per heavy atom. The van der Waals surface area contributed by atoms with Crippen LogP contribution in [0, 0.1) is 13.8 Å². The van der Waals surface area contributed by atoms with Crippen LogP contribution < -0.4 is 0 Å². The minimum atomic E-state index is 0.439. The fraction of sp³-hybridized carbons (Fsp3) is 0.118. The predicted molar refractivity (Wildman–Crippen MR) is 90.0 cm³/mol. The van der Waals surface area contributed by atoms with Gasteiger partial charge in [0.1, 0.15) is 11.5 Å². The molecule has 0 unspecified atom stereocenters. The Morgan fingerprint density at radius 3 is 2.78 bits per heavy atom. The summed E-state index contributed by atoms with van der Waals surface area (Å²) in [5.41, 5.74) is 1.91. The van der Waals surface area contributed by atoms with Crippen LogP contribution in [-0.2, 0) is 0 Å². The standard InChI is InChI=1S/C17H13N3O2S/c1-10-3-5-13(21-10)6-8-16-19-17(20-22-16)12-4-7-14-15(9-12)23-11(2)18-14/h3-9H,1-2H3/b8-6+. The number of furan rings is 1. The van der Waals surface area contributed by atoms with Crippen LogP contribution in [0.2, 0.25) is 0 Å². The van der Waals surface area contributed by atoms with Crippen LogP contribution in [0.25, 0.3) is 33.8 Å². The molecule has 0 bridgehead atoms. The van der Waals surface area contributed by atoms with Crippen molar-refractivity contribution < 1.29 is 8.94 Å². The molecule has 0 fully saturated rings. The van der Waals surface area contributed by atoms with E-state index in [2.05, 4.69) is 15.1 Å². The fourth-order valence-electron chi connectivity index (χ4n) is 2.30. The van der Waals surface area contributed by atoms with Gasteiger partial charge in [0, 0.05) is 11.6 Å². The molecule has 4 rings (SSSR count). The summed E-state index contributed by atoms with van der Waals surface area (Å²) in [5.74, 6) is 2.62. The highest BCUT2D eigenvalue weighted by atomic mass is 32.1. The summed E-state index contributed by atoms with van der Waals surface area (Å²) in [5, 5.41) is 5.08. The molecule has 0 aliphatic heterocycles. The summed E-state index contributed by atoms with van der Waals surface area (Å²) in [6, 6.07) is 9.77. The molecule has 3 aromatic heterocycles. The molecule has 0 N–H and O–H groups in total. The van der Waals surface area contributed by atoms with Crippen LogP contribution in [0.15, 0.2) is 39.3 Å². The Morgan fingerprint density at radius 2 is 1.96 bits per heavy atom. The molecule has 0 aliphatic carbocycles. The maximum atomic E-state index is 5.46. The van der Waals surface area contributed by atoms with Crippen molar-refractivity contribution in [2.24, 2.45) is 0 Å². The summed E-state index contributed by atoms with van der Waals surface area (Å²) < 4.78 is 11.8. The largest absolute Gasteiger partial charge is 0.462 e. The monoisotopic (exact) mass is 323 g/mol. The number of aromatic nitrogens is 3. The third kappa shape index (κ3) is 2.80. The molecule has 0 atom stereocenters. The second-order valence-electron chi connectivity index (χ2n) is 5.15. The Labute approximate surface area is 136 Å². The van der Waals surface area contributed by atoms with Crippen molar-refractivity contribution in [1.82, 2.24) is 15.1 Å². The van der Waals surface area contributed by atoms with Gasteiger partial charge in [-0.15, -0.1) is 11.3 Å². The minimum Gasteiger partial charge on any atom is -0.462 e. The lowest BCUT2D eigenvalue weighted by atomic mass is 10.2. The van der Waals surface area contributed by atoms with E-state index in [1.165, 1.54) is 0 Å². The van der Waals surface area contributed by atoms with Gasteiger partial charge in [0.05, 0.1) is 15.2 Å². The molecule has 0 saturated heterocycles. The van der Waals surface area contributed by atoms with Gasteiger partial charge in [-0.3, -0.25) is 0 Å². The number of fused-ring (bicyclic) bond motifs is 1. The van der Waals surface area contributed by atoms with Gasteiger partial charge in [-0.2, -0.15) is 4.98 Å². The minimum absolute atomic E-state index is 0.439. The van der Waals surface area contributed by atoms with Crippen molar-refractivity contribution in [3.63, 3.8) is 0 Å². The second-order valence-corrected chi connectivity index (χ2v) is 6.39. The van der Waals surface area contributed by atoms with E-state index in [0.717, 1.165) is 32.3 Å². The number of hydrogen-bond donors (Lipinski definition) is 0. The Balaban J connectivity index is 1.62. The third-order valence-electron chi connectivity index (χ3n) is 3.35. The topological polar surface area (TPSA) is 65.0 Å². The Kier molecular flexibility index (Phi) is 3.31. The highest BCUT2D eigenvalue weighted by Gasteiger charge is 2.09. The highest BCUT2D eigenvalue weighted by Crippen LogP contribution is 2.26. The lowest BCUT2D eigenvalue weighted by molar-refractivity contribution is 0.411. The second kappa shape index (κ2) is 5.48. The van der Waals surface area contributed by atoms with Crippen LogP contribution in [0.3, 0.4) is 0 Å². The lowest BCUT2D eigenvalue weighted by Crippen LogP contribution is -1.80. The number of thiazole rings is 1. The van der Waals surface area contributed by atoms with Crippen molar-refractivity contribution in [3.8, 4) is 11.4 Å². The van der Waals surface area contributed by atoms with Gasteiger partial charge in [-0.1, -0.05) is 5.16 Å². The Hall–Kier alpha value is -2.73. The van der Waals surface area contributed by atoms with Crippen LogP contribution in [-0.4, -0.2) is 15.1 Å². The molecule has 0 aliphatic rings. The first-order valence-corrected chi connectivity index (χ1v) is 7.95. The van der Waals surface area contributed by atoms with E-state index in [1.807, 2.05) is 44.2 Å². The Bertz CT molecular complexity index is 1010. The SMILES string of the molecule is Cc1ccc(/C=C/c2nc(-c3ccc4nc(C)sc4c3)no2)o1. The molecule has 114 valence electrons. The first kappa shape index (κ1) is 13.9. The van der Waals surface area contributed by atoms with Crippen molar-refractivity contribution in [3.05, 3.63) is 52.8 Å². The maximum Gasteiger partial charge on any atom is 0.251 e. The fourth-order valence-corrected chi connectivity index (χ4v) is 3.16. The van der Waals surface area contributed by atoms with Gasteiger partial charge in [-0.25, -0.2) is 4.98 Å². The number of aryl methyl sites for hydroxylation is 2. The average molecular weight is 323 g/mol. The molecule has 6 heteroatoms. The third-order valence-corrected chi connectivity index (χ3v) is 4.28. The zero-order chi connectivity index (χ0) is 15.8. The average Bonchev–Trinajstić information content (AvgIpc) is 3.23. The van der Waals surface area contributed by atoms with E-state index in [4.69, 9.17) is 8.94 Å². The molecule has 0 saturated carbocycles. The molecule has 0 radical (unpaired) electrons. The molecular weight excluding hydrogens is 310 g/mol. The first-order chi connectivity index (χ1) is 11.2. The zero-order valence-corrected chi connectivity index (χ0v) is 13.4. The summed E-state index contributed by atoms with van der Waals surface area (Å²) >= 11 is 1.65. The van der Waals surface area contributed by atoms with Crippen LogP contribution in [0.1, 0.15) is 22.4 Å². The van der Waals surface area contributed by atoms with E-state index < -0.39 is 0 Å². The smallest absolute Gasteiger partial charge is 0.251 e. The van der Waals surface area contributed by atoms with Crippen molar-refractivity contribution in [2.75, 3.05) is 0 Å². The molecule has 0 amide bonds. The predicted octanol–water partition coefficient (Wildman–Crippen LogP) is 4.73. The summed E-state index contributed by atoms with van der Waals surface area (Å²) in [7, 11) is 0. The lowest BCUT2D eigenvalue weighted by Gasteiger charge is -1.93. The number of nitrogens with zero attached hydrogens (tertiary/aromatic N) is 3. The van der Waals surface area contributed by atoms with Gasteiger partial charge in [-0.05, 0) is 50.3 Å². The number of hydrogen-bond acceptors (Lipinski definition) is 6. The van der Waals surface area contributed by atoms with E-state index >= 15 is 0 Å². The molecule has 4 aromatic rings. The van der Waals surface area contributed by atoms with E-state index in [0.29, 0.717) is 11.7 Å². The summed E-state index contributed by atoms with van der Waals surface area (Å²) in [6.45, 7) is 3.90. The summed E-state index contributed by atoms with van der Waals surface area (Å²) in [4.78, 5) is 8.84. The molecule has 1 aromatic carbocycles. The summed E-state index contributed by atoms with van der Waals surface area (Å²) in [6.07, 6.45) is 3.55. The van der Waals surface area contributed by atoms with Gasteiger partial charge < -0.3 is 8.94 Å². The van der Waals surface area contributed by atoms with Crippen molar-refractivity contribution in [2.45, 2.75) is 13.8 Å². The van der Waals surface area contributed by atoms with Crippen LogP contribution >= 0.6 is 11.3 Å². The molecule has 3 heterocycles. The van der Waals surface area contributed by atoms with Gasteiger partial charge in [0.15, 0.2) is 0 Å². The van der Waals surface area contributed by atoms with Gasteiger partial charge in [0.2, 0.25) is 5.82 Å².